The fourth-order valence-corrected chi connectivity index (χ4v) is 2.92. The molecule has 1 fully saturated rings. The molecule has 0 radical (unpaired) electrons. The Morgan fingerprint density at radius 1 is 1.36 bits per heavy atom. The van der Waals surface area contributed by atoms with Crippen molar-refractivity contribution >= 4 is 22.7 Å². The molecule has 2 aromatic rings. The first-order valence-corrected chi connectivity index (χ1v) is 7.53. The van der Waals surface area contributed by atoms with Crippen LogP contribution in [0.4, 0.5) is 0 Å². The van der Waals surface area contributed by atoms with Crippen LogP contribution in [0.15, 0.2) is 30.5 Å². The largest absolute Gasteiger partial charge is 0.368 e. The maximum absolute atomic E-state index is 12.2. The van der Waals surface area contributed by atoms with Crippen molar-refractivity contribution in [2.75, 3.05) is 6.54 Å². The summed E-state index contributed by atoms with van der Waals surface area (Å²) in [6.45, 7) is 0.835. The average Bonchev–Trinajstić information content (AvgIpc) is 3.16. The number of benzene rings is 1. The van der Waals surface area contributed by atoms with Gasteiger partial charge in [0.15, 0.2) is 0 Å². The van der Waals surface area contributed by atoms with Gasteiger partial charge in [-0.25, -0.2) is 0 Å². The number of amides is 2. The molecule has 0 aliphatic carbocycles. The molecule has 1 aromatic carbocycles. The van der Waals surface area contributed by atoms with Crippen molar-refractivity contribution in [2.45, 2.75) is 31.3 Å². The van der Waals surface area contributed by atoms with Crippen LogP contribution in [0.2, 0.25) is 0 Å². The van der Waals surface area contributed by atoms with E-state index in [1.54, 1.807) is 0 Å². The highest BCUT2D eigenvalue weighted by Gasteiger charge is 2.26. The van der Waals surface area contributed by atoms with Crippen molar-refractivity contribution in [3.05, 3.63) is 36.0 Å². The smallest absolute Gasteiger partial charge is 0.240 e. The van der Waals surface area contributed by atoms with Gasteiger partial charge in [0.05, 0.1) is 6.04 Å². The van der Waals surface area contributed by atoms with Crippen LogP contribution in [0.1, 0.15) is 18.4 Å². The van der Waals surface area contributed by atoms with Gasteiger partial charge in [-0.1, -0.05) is 18.2 Å². The second-order valence-corrected chi connectivity index (χ2v) is 5.68. The van der Waals surface area contributed by atoms with E-state index in [0.717, 1.165) is 35.9 Å². The molecule has 1 saturated heterocycles. The zero-order valence-corrected chi connectivity index (χ0v) is 12.3. The van der Waals surface area contributed by atoms with Crippen LogP contribution in [0, 0.1) is 0 Å². The fraction of sp³-hybridized carbons (Fsp3) is 0.375. The Kier molecular flexibility index (Phi) is 4.11. The van der Waals surface area contributed by atoms with Crippen molar-refractivity contribution in [1.29, 1.82) is 0 Å². The van der Waals surface area contributed by atoms with Gasteiger partial charge >= 0.3 is 0 Å². The van der Waals surface area contributed by atoms with E-state index in [-0.39, 0.29) is 11.9 Å². The number of hydrogen-bond donors (Lipinski definition) is 4. The average molecular weight is 300 g/mol. The summed E-state index contributed by atoms with van der Waals surface area (Å²) in [6.07, 6.45) is 4.02. The van der Waals surface area contributed by atoms with E-state index < -0.39 is 11.9 Å². The van der Waals surface area contributed by atoms with Gasteiger partial charge in [0.25, 0.3) is 0 Å². The van der Waals surface area contributed by atoms with Crippen LogP contribution in [0.3, 0.4) is 0 Å². The molecule has 6 nitrogen and oxygen atoms in total. The highest BCUT2D eigenvalue weighted by molar-refractivity contribution is 5.90. The maximum Gasteiger partial charge on any atom is 0.240 e. The van der Waals surface area contributed by atoms with E-state index in [0.29, 0.717) is 6.42 Å². The summed E-state index contributed by atoms with van der Waals surface area (Å²) >= 11 is 0. The number of para-hydroxylation sites is 1. The van der Waals surface area contributed by atoms with Gasteiger partial charge in [-0.05, 0) is 31.0 Å². The molecule has 1 aromatic heterocycles. The zero-order valence-electron chi connectivity index (χ0n) is 12.3. The lowest BCUT2D eigenvalue weighted by Crippen LogP contribution is -2.51. The monoisotopic (exact) mass is 300 g/mol. The van der Waals surface area contributed by atoms with E-state index in [2.05, 4.69) is 15.6 Å². The standard InChI is InChI=1S/C16H20N4O2/c17-15(21)14(20-16(22)13-6-3-7-18-13)8-10-9-19-12-5-2-1-4-11(10)12/h1-2,4-5,9,13-14,18-19H,3,6-8H2,(H2,17,21)(H,20,22)/t13-,14+/m1/s1. The topological polar surface area (TPSA) is 100 Å². The van der Waals surface area contributed by atoms with Gasteiger partial charge < -0.3 is 21.4 Å². The minimum absolute atomic E-state index is 0.152. The summed E-state index contributed by atoms with van der Waals surface area (Å²) in [5.41, 5.74) is 7.44. The number of aromatic amines is 1. The first-order chi connectivity index (χ1) is 10.6. The zero-order chi connectivity index (χ0) is 15.5. The number of carbonyl (C=O) groups excluding carboxylic acids is 2. The Morgan fingerprint density at radius 3 is 2.91 bits per heavy atom. The second-order valence-electron chi connectivity index (χ2n) is 5.68. The third kappa shape index (κ3) is 2.96. The quantitative estimate of drug-likeness (QED) is 0.644. The maximum atomic E-state index is 12.2. The molecule has 2 heterocycles. The lowest BCUT2D eigenvalue weighted by molar-refractivity contribution is -0.128. The third-order valence-corrected chi connectivity index (χ3v) is 4.14. The Morgan fingerprint density at radius 2 is 2.18 bits per heavy atom. The van der Waals surface area contributed by atoms with Crippen LogP contribution >= 0.6 is 0 Å². The van der Waals surface area contributed by atoms with Crippen molar-refractivity contribution in [3.63, 3.8) is 0 Å². The van der Waals surface area contributed by atoms with Crippen molar-refractivity contribution < 1.29 is 9.59 Å². The number of primary amides is 1. The van der Waals surface area contributed by atoms with Gasteiger partial charge in [-0.15, -0.1) is 0 Å². The summed E-state index contributed by atoms with van der Waals surface area (Å²) in [7, 11) is 0. The first-order valence-electron chi connectivity index (χ1n) is 7.53. The minimum Gasteiger partial charge on any atom is -0.368 e. The summed E-state index contributed by atoms with van der Waals surface area (Å²) < 4.78 is 0. The molecule has 6 heteroatoms. The van der Waals surface area contributed by atoms with Gasteiger partial charge in [-0.3, -0.25) is 9.59 Å². The number of rotatable bonds is 5. The van der Waals surface area contributed by atoms with Crippen molar-refractivity contribution in [2.24, 2.45) is 5.73 Å². The molecular weight excluding hydrogens is 280 g/mol. The molecular formula is C16H20N4O2. The van der Waals surface area contributed by atoms with E-state index in [1.165, 1.54) is 0 Å². The number of carbonyl (C=O) groups is 2. The predicted molar refractivity (Wildman–Crippen MR) is 84.2 cm³/mol. The molecule has 0 saturated carbocycles. The highest BCUT2D eigenvalue weighted by atomic mass is 16.2. The molecule has 5 N–H and O–H groups in total. The van der Waals surface area contributed by atoms with E-state index in [1.807, 2.05) is 30.5 Å². The first kappa shape index (κ1) is 14.6. The lowest BCUT2D eigenvalue weighted by atomic mass is 10.0. The highest BCUT2D eigenvalue weighted by Crippen LogP contribution is 2.19. The van der Waals surface area contributed by atoms with Gasteiger partial charge in [0.2, 0.25) is 11.8 Å². The minimum atomic E-state index is -0.700. The van der Waals surface area contributed by atoms with Crippen LogP contribution in [-0.2, 0) is 16.0 Å². The molecule has 1 aliphatic heterocycles. The normalized spacial score (nSPS) is 19.2. The van der Waals surface area contributed by atoms with E-state index in [9.17, 15) is 9.59 Å². The molecule has 0 unspecified atom stereocenters. The molecule has 3 rings (SSSR count). The summed E-state index contributed by atoms with van der Waals surface area (Å²) in [5.74, 6) is -0.669. The summed E-state index contributed by atoms with van der Waals surface area (Å²) in [4.78, 5) is 27.0. The number of fused-ring (bicyclic) bond motifs is 1. The van der Waals surface area contributed by atoms with Crippen LogP contribution in [0.25, 0.3) is 10.9 Å². The van der Waals surface area contributed by atoms with Crippen LogP contribution in [0.5, 0.6) is 0 Å². The Bertz CT molecular complexity index is 688. The fourth-order valence-electron chi connectivity index (χ4n) is 2.92. The Hall–Kier alpha value is -2.34. The summed E-state index contributed by atoms with van der Waals surface area (Å²) in [6, 6.07) is 6.93. The summed E-state index contributed by atoms with van der Waals surface area (Å²) in [5, 5.41) is 6.93. The molecule has 2 atom stereocenters. The Labute approximate surface area is 128 Å². The second kappa shape index (κ2) is 6.19. The van der Waals surface area contributed by atoms with Crippen molar-refractivity contribution in [1.82, 2.24) is 15.6 Å². The number of hydrogen-bond acceptors (Lipinski definition) is 3. The van der Waals surface area contributed by atoms with E-state index in [4.69, 9.17) is 5.73 Å². The van der Waals surface area contributed by atoms with Crippen LogP contribution < -0.4 is 16.4 Å². The number of nitrogens with two attached hydrogens (primary N) is 1. The van der Waals surface area contributed by atoms with E-state index >= 15 is 0 Å². The van der Waals surface area contributed by atoms with Gasteiger partial charge in [0, 0.05) is 23.5 Å². The third-order valence-electron chi connectivity index (χ3n) is 4.14. The lowest BCUT2D eigenvalue weighted by Gasteiger charge is -2.18. The molecule has 116 valence electrons. The molecule has 2 amide bonds. The van der Waals surface area contributed by atoms with Crippen LogP contribution in [-0.4, -0.2) is 35.4 Å². The van der Waals surface area contributed by atoms with Gasteiger partial charge in [-0.2, -0.15) is 0 Å². The molecule has 22 heavy (non-hydrogen) atoms. The number of H-pyrrole nitrogens is 1. The number of aromatic nitrogens is 1. The molecule has 1 aliphatic rings. The molecule has 0 bridgehead atoms. The molecule has 0 spiro atoms. The Balaban J connectivity index is 1.74. The van der Waals surface area contributed by atoms with Crippen molar-refractivity contribution in [3.8, 4) is 0 Å². The SMILES string of the molecule is NC(=O)[C@H](Cc1c[nH]c2ccccc12)NC(=O)[C@H]1CCCN1. The van der Waals surface area contributed by atoms with Gasteiger partial charge in [0.1, 0.15) is 6.04 Å². The predicted octanol–water partition coefficient (Wildman–Crippen LogP) is 0.432. The number of nitrogens with one attached hydrogen (secondary N) is 3.